The van der Waals surface area contributed by atoms with Gasteiger partial charge >= 0.3 is 5.97 Å². The van der Waals surface area contributed by atoms with E-state index in [1.54, 1.807) is 43.3 Å². The molecule has 2 N–H and O–H groups in total. The molecular weight excluding hydrogens is 271 g/mol. The van der Waals surface area contributed by atoms with Crippen LogP contribution in [-0.4, -0.2) is 22.4 Å². The summed E-state index contributed by atoms with van der Waals surface area (Å²) in [5.74, 6) is -1.69. The van der Waals surface area contributed by atoms with Crippen LogP contribution in [0.2, 0.25) is 0 Å². The van der Waals surface area contributed by atoms with Gasteiger partial charge in [0, 0.05) is 0 Å². The number of alkyl halides is 1. The highest BCUT2D eigenvalue weighted by Gasteiger charge is 2.46. The van der Waals surface area contributed by atoms with Crippen molar-refractivity contribution >= 4 is 5.97 Å². The number of aliphatic carboxylic acids is 1. The maximum Gasteiger partial charge on any atom is 0.342 e. The first-order valence-corrected chi connectivity index (χ1v) is 6.60. The molecule has 21 heavy (non-hydrogen) atoms. The Labute approximate surface area is 122 Å². The topological polar surface area (TPSA) is 57.5 Å². The summed E-state index contributed by atoms with van der Waals surface area (Å²) in [6.07, 6.45) is -2.46. The van der Waals surface area contributed by atoms with Crippen LogP contribution < -0.4 is 0 Å². The van der Waals surface area contributed by atoms with E-state index in [0.717, 1.165) is 5.56 Å². The second kappa shape index (κ2) is 5.66. The first kappa shape index (κ1) is 15.2. The maximum atomic E-state index is 14.4. The molecule has 0 aliphatic carbocycles. The lowest BCUT2D eigenvalue weighted by Gasteiger charge is -2.32. The number of hydrogen-bond acceptors (Lipinski definition) is 2. The van der Waals surface area contributed by atoms with Crippen LogP contribution in [0.5, 0.6) is 0 Å². The fraction of sp³-hybridized carbons (Fsp3) is 0.235. The molecule has 0 aliphatic rings. The van der Waals surface area contributed by atoms with Crippen molar-refractivity contribution in [1.29, 1.82) is 0 Å². The van der Waals surface area contributed by atoms with Gasteiger partial charge in [0.25, 0.3) is 0 Å². The Balaban J connectivity index is 2.69. The van der Waals surface area contributed by atoms with Crippen molar-refractivity contribution in [2.45, 2.75) is 25.6 Å². The van der Waals surface area contributed by atoms with Gasteiger partial charge < -0.3 is 10.2 Å². The van der Waals surface area contributed by atoms with Crippen LogP contribution in [-0.2, 0) is 10.4 Å². The third-order valence-electron chi connectivity index (χ3n) is 3.59. The standard InChI is InChI=1S/C17H17FO3/c1-11-8-9-14(12(2)10-11)17(21,15(18)16(19)20)13-6-4-3-5-7-13/h3-10,15,21H,1-2H3,(H,19,20). The van der Waals surface area contributed by atoms with Crippen LogP contribution in [0.25, 0.3) is 0 Å². The van der Waals surface area contributed by atoms with E-state index in [1.165, 1.54) is 12.1 Å². The molecule has 2 aromatic carbocycles. The predicted molar refractivity (Wildman–Crippen MR) is 77.9 cm³/mol. The third kappa shape index (κ3) is 2.67. The van der Waals surface area contributed by atoms with Gasteiger partial charge in [-0.05, 0) is 30.5 Å². The summed E-state index contributed by atoms with van der Waals surface area (Å²) in [7, 11) is 0. The van der Waals surface area contributed by atoms with Crippen LogP contribution in [0, 0.1) is 13.8 Å². The summed E-state index contributed by atoms with van der Waals surface area (Å²) in [5, 5.41) is 20.0. The maximum absolute atomic E-state index is 14.4. The van der Waals surface area contributed by atoms with Gasteiger partial charge in [0.15, 0.2) is 5.60 Å². The minimum atomic E-state index is -2.46. The molecule has 4 heteroatoms. The van der Waals surface area contributed by atoms with Crippen molar-refractivity contribution in [2.75, 3.05) is 0 Å². The van der Waals surface area contributed by atoms with E-state index >= 15 is 0 Å². The first-order chi connectivity index (χ1) is 9.87. The zero-order chi connectivity index (χ0) is 15.6. The van der Waals surface area contributed by atoms with Gasteiger partial charge in [0.05, 0.1) is 0 Å². The number of halogens is 1. The fourth-order valence-corrected chi connectivity index (χ4v) is 2.55. The molecule has 0 amide bonds. The molecule has 0 radical (unpaired) electrons. The van der Waals surface area contributed by atoms with E-state index in [4.69, 9.17) is 5.11 Å². The van der Waals surface area contributed by atoms with Crippen molar-refractivity contribution in [2.24, 2.45) is 0 Å². The highest BCUT2D eigenvalue weighted by molar-refractivity contribution is 5.75. The molecule has 0 saturated carbocycles. The summed E-state index contributed by atoms with van der Waals surface area (Å²) in [4.78, 5) is 11.1. The Kier molecular flexibility index (Phi) is 4.09. The van der Waals surface area contributed by atoms with E-state index in [0.29, 0.717) is 5.56 Å². The number of rotatable bonds is 4. The number of carboxylic acids is 1. The van der Waals surface area contributed by atoms with E-state index in [9.17, 15) is 14.3 Å². The first-order valence-electron chi connectivity index (χ1n) is 6.60. The quantitative estimate of drug-likeness (QED) is 0.909. The van der Waals surface area contributed by atoms with Gasteiger partial charge in [-0.3, -0.25) is 0 Å². The molecule has 2 unspecified atom stereocenters. The van der Waals surface area contributed by atoms with Crippen molar-refractivity contribution in [3.8, 4) is 0 Å². The molecule has 3 nitrogen and oxygen atoms in total. The number of aliphatic hydroxyl groups is 1. The monoisotopic (exact) mass is 288 g/mol. The van der Waals surface area contributed by atoms with Crippen molar-refractivity contribution in [1.82, 2.24) is 0 Å². The predicted octanol–water partition coefficient (Wildman–Crippen LogP) is 2.96. The highest BCUT2D eigenvalue weighted by Crippen LogP contribution is 2.37. The molecule has 0 aromatic heterocycles. The molecule has 0 bridgehead atoms. The molecule has 0 spiro atoms. The summed E-state index contributed by atoms with van der Waals surface area (Å²) in [6.45, 7) is 3.60. The van der Waals surface area contributed by atoms with Gasteiger partial charge in [-0.2, -0.15) is 0 Å². The largest absolute Gasteiger partial charge is 0.479 e. The lowest BCUT2D eigenvalue weighted by molar-refractivity contribution is -0.152. The van der Waals surface area contributed by atoms with Crippen LogP contribution in [0.3, 0.4) is 0 Å². The van der Waals surface area contributed by atoms with Gasteiger partial charge in [0.1, 0.15) is 0 Å². The lowest BCUT2D eigenvalue weighted by Crippen LogP contribution is -2.43. The Bertz CT molecular complexity index is 654. The molecule has 2 rings (SSSR count). The van der Waals surface area contributed by atoms with E-state index in [2.05, 4.69) is 0 Å². The van der Waals surface area contributed by atoms with Crippen molar-refractivity contribution < 1.29 is 19.4 Å². The van der Waals surface area contributed by atoms with Gasteiger partial charge in [-0.25, -0.2) is 9.18 Å². The Morgan fingerprint density at radius 1 is 1.14 bits per heavy atom. The molecule has 2 aromatic rings. The zero-order valence-corrected chi connectivity index (χ0v) is 11.9. The number of benzene rings is 2. The Morgan fingerprint density at radius 2 is 1.76 bits per heavy atom. The van der Waals surface area contributed by atoms with Crippen LogP contribution >= 0.6 is 0 Å². The Morgan fingerprint density at radius 3 is 2.29 bits per heavy atom. The number of carboxylic acid groups (broad SMARTS) is 1. The van der Waals surface area contributed by atoms with Gasteiger partial charge in [-0.15, -0.1) is 0 Å². The fourth-order valence-electron chi connectivity index (χ4n) is 2.55. The van der Waals surface area contributed by atoms with Crippen LogP contribution in [0.15, 0.2) is 48.5 Å². The SMILES string of the molecule is Cc1ccc(C(O)(c2ccccc2)C(F)C(=O)O)c(C)c1. The second-order valence-corrected chi connectivity index (χ2v) is 5.15. The molecule has 2 atom stereocenters. The van der Waals surface area contributed by atoms with Crippen LogP contribution in [0.1, 0.15) is 22.3 Å². The number of hydrogen-bond donors (Lipinski definition) is 2. The minimum absolute atomic E-state index is 0.215. The average Bonchev–Trinajstić information content (AvgIpc) is 2.46. The highest BCUT2D eigenvalue weighted by atomic mass is 19.1. The second-order valence-electron chi connectivity index (χ2n) is 5.15. The molecule has 0 fully saturated rings. The summed E-state index contributed by atoms with van der Waals surface area (Å²) >= 11 is 0. The summed E-state index contributed by atoms with van der Waals surface area (Å²) in [6, 6.07) is 13.1. The smallest absolute Gasteiger partial charge is 0.342 e. The van der Waals surface area contributed by atoms with E-state index in [-0.39, 0.29) is 11.1 Å². The average molecular weight is 288 g/mol. The summed E-state index contributed by atoms with van der Waals surface area (Å²) in [5.41, 5.74) is -0.145. The minimum Gasteiger partial charge on any atom is -0.479 e. The van der Waals surface area contributed by atoms with Crippen molar-refractivity contribution in [3.05, 3.63) is 70.8 Å². The molecule has 0 aliphatic heterocycles. The van der Waals surface area contributed by atoms with E-state index < -0.39 is 17.7 Å². The lowest BCUT2D eigenvalue weighted by atomic mass is 9.80. The van der Waals surface area contributed by atoms with Crippen molar-refractivity contribution in [3.63, 3.8) is 0 Å². The molecule has 110 valence electrons. The Hall–Kier alpha value is -2.20. The van der Waals surface area contributed by atoms with Gasteiger partial charge in [-0.1, -0.05) is 54.1 Å². The molecule has 0 saturated heterocycles. The number of aryl methyl sites for hydroxylation is 2. The molecular formula is C17H17FO3. The number of carbonyl (C=O) groups is 1. The van der Waals surface area contributed by atoms with Crippen LogP contribution in [0.4, 0.5) is 4.39 Å². The van der Waals surface area contributed by atoms with Gasteiger partial charge in [0.2, 0.25) is 6.17 Å². The zero-order valence-electron chi connectivity index (χ0n) is 11.9. The molecule has 0 heterocycles. The normalized spacial score (nSPS) is 15.2. The third-order valence-corrected chi connectivity index (χ3v) is 3.59. The van der Waals surface area contributed by atoms with E-state index in [1.807, 2.05) is 6.92 Å². The summed E-state index contributed by atoms with van der Waals surface area (Å²) < 4.78 is 14.4.